The quantitative estimate of drug-likeness (QED) is 0.292. The lowest BCUT2D eigenvalue weighted by Gasteiger charge is -2.21. The molecule has 72 valence electrons. The highest BCUT2D eigenvalue weighted by atomic mass is 16.5. The van der Waals surface area contributed by atoms with Gasteiger partial charge in [-0.05, 0) is 20.8 Å². The molecule has 0 aromatic carbocycles. The third-order valence-electron chi connectivity index (χ3n) is 1.39. The predicted molar refractivity (Wildman–Crippen MR) is 48.3 cm³/mol. The van der Waals surface area contributed by atoms with E-state index in [-0.39, 0.29) is 17.4 Å². The van der Waals surface area contributed by atoms with Crippen molar-refractivity contribution in [3.05, 3.63) is 0 Å². The van der Waals surface area contributed by atoms with Crippen LogP contribution >= 0.6 is 0 Å². The zero-order valence-electron chi connectivity index (χ0n) is 8.16. The Balaban J connectivity index is 3.80. The monoisotopic (exact) mass is 174 g/mol. The number of amidine groups is 1. The topological polar surface area (TPSA) is 67.8 Å². The number of oxime groups is 1. The second kappa shape index (κ2) is 4.30. The maximum atomic E-state index is 8.34. The summed E-state index contributed by atoms with van der Waals surface area (Å²) in [5.41, 5.74) is 5.19. The largest absolute Gasteiger partial charge is 0.409 e. The standard InChI is InChI=1S/C8H18N2O2/c1-6(7(9)10-11)5-12-8(2,3)4/h6,11H,5H2,1-4H3,(H2,9,10). The molecule has 0 amide bonds. The zero-order chi connectivity index (χ0) is 9.78. The van der Waals surface area contributed by atoms with Crippen LogP contribution in [0.25, 0.3) is 0 Å². The molecule has 0 heterocycles. The molecule has 0 aliphatic heterocycles. The Morgan fingerprint density at radius 3 is 2.42 bits per heavy atom. The van der Waals surface area contributed by atoms with Gasteiger partial charge in [-0.1, -0.05) is 12.1 Å². The first kappa shape index (κ1) is 11.2. The van der Waals surface area contributed by atoms with Gasteiger partial charge in [0.1, 0.15) is 5.84 Å². The lowest BCUT2D eigenvalue weighted by molar-refractivity contribution is -0.0109. The molecule has 0 spiro atoms. The van der Waals surface area contributed by atoms with Crippen LogP contribution in [0.4, 0.5) is 0 Å². The van der Waals surface area contributed by atoms with Crippen LogP contribution in [-0.4, -0.2) is 23.3 Å². The van der Waals surface area contributed by atoms with E-state index in [0.717, 1.165) is 0 Å². The molecule has 0 bridgehead atoms. The Bertz CT molecular complexity index is 161. The fourth-order valence-electron chi connectivity index (χ4n) is 0.559. The minimum atomic E-state index is -0.177. The summed E-state index contributed by atoms with van der Waals surface area (Å²) in [5, 5.41) is 11.2. The third-order valence-corrected chi connectivity index (χ3v) is 1.39. The maximum absolute atomic E-state index is 8.34. The molecule has 1 unspecified atom stereocenters. The highest BCUT2D eigenvalue weighted by molar-refractivity contribution is 5.81. The Labute approximate surface area is 73.4 Å². The van der Waals surface area contributed by atoms with Gasteiger partial charge in [0.05, 0.1) is 12.2 Å². The lowest BCUT2D eigenvalue weighted by atomic mass is 10.1. The molecule has 0 rings (SSSR count). The summed E-state index contributed by atoms with van der Waals surface area (Å²) < 4.78 is 5.44. The van der Waals surface area contributed by atoms with E-state index in [1.807, 2.05) is 27.7 Å². The number of nitrogens with zero attached hydrogens (tertiary/aromatic N) is 1. The molecule has 0 aliphatic rings. The normalized spacial score (nSPS) is 16.2. The van der Waals surface area contributed by atoms with Gasteiger partial charge in [-0.3, -0.25) is 0 Å². The van der Waals surface area contributed by atoms with Crippen molar-refractivity contribution in [2.75, 3.05) is 6.61 Å². The minimum Gasteiger partial charge on any atom is -0.409 e. The number of hydrogen-bond donors (Lipinski definition) is 2. The number of ether oxygens (including phenoxy) is 1. The first-order valence-corrected chi connectivity index (χ1v) is 3.98. The lowest BCUT2D eigenvalue weighted by Crippen LogP contribution is -2.29. The first-order valence-electron chi connectivity index (χ1n) is 3.98. The van der Waals surface area contributed by atoms with Crippen LogP contribution in [0.5, 0.6) is 0 Å². The molecule has 4 nitrogen and oxygen atoms in total. The van der Waals surface area contributed by atoms with Crippen LogP contribution in [-0.2, 0) is 4.74 Å². The second-order valence-electron chi connectivity index (χ2n) is 3.85. The number of nitrogens with two attached hydrogens (primary N) is 1. The number of hydrogen-bond acceptors (Lipinski definition) is 3. The van der Waals surface area contributed by atoms with Gasteiger partial charge < -0.3 is 15.7 Å². The van der Waals surface area contributed by atoms with Gasteiger partial charge in [0, 0.05) is 5.92 Å². The predicted octanol–water partition coefficient (Wildman–Crippen LogP) is 1.18. The van der Waals surface area contributed by atoms with Crippen molar-refractivity contribution in [3.8, 4) is 0 Å². The summed E-state index contributed by atoms with van der Waals surface area (Å²) in [5.74, 6) is 0.161. The molecule has 4 heteroatoms. The fraction of sp³-hybridized carbons (Fsp3) is 0.875. The van der Waals surface area contributed by atoms with Crippen molar-refractivity contribution in [1.82, 2.24) is 0 Å². The van der Waals surface area contributed by atoms with Gasteiger partial charge in [0.15, 0.2) is 0 Å². The van der Waals surface area contributed by atoms with Crippen LogP contribution in [0.2, 0.25) is 0 Å². The van der Waals surface area contributed by atoms with Crippen LogP contribution < -0.4 is 5.73 Å². The molecule has 0 saturated heterocycles. The van der Waals surface area contributed by atoms with Crippen LogP contribution in [0.15, 0.2) is 5.16 Å². The molecule has 0 aromatic rings. The van der Waals surface area contributed by atoms with E-state index in [2.05, 4.69) is 5.16 Å². The van der Waals surface area contributed by atoms with Crippen LogP contribution in [0.3, 0.4) is 0 Å². The zero-order valence-corrected chi connectivity index (χ0v) is 8.16. The van der Waals surface area contributed by atoms with E-state index < -0.39 is 0 Å². The SMILES string of the molecule is CC(COC(C)(C)C)/C(N)=N/O. The molecular weight excluding hydrogens is 156 g/mol. The van der Waals surface area contributed by atoms with Gasteiger partial charge in [-0.15, -0.1) is 0 Å². The van der Waals surface area contributed by atoms with E-state index in [9.17, 15) is 0 Å². The van der Waals surface area contributed by atoms with Crippen LogP contribution in [0.1, 0.15) is 27.7 Å². The minimum absolute atomic E-state index is 0.0470. The van der Waals surface area contributed by atoms with Gasteiger partial charge in [-0.25, -0.2) is 0 Å². The van der Waals surface area contributed by atoms with Crippen molar-refractivity contribution in [3.63, 3.8) is 0 Å². The summed E-state index contributed by atoms with van der Waals surface area (Å²) >= 11 is 0. The van der Waals surface area contributed by atoms with E-state index in [1.165, 1.54) is 0 Å². The Hall–Kier alpha value is -0.770. The average molecular weight is 174 g/mol. The Kier molecular flexibility index (Phi) is 4.03. The van der Waals surface area contributed by atoms with E-state index in [0.29, 0.717) is 6.61 Å². The Morgan fingerprint density at radius 1 is 1.58 bits per heavy atom. The summed E-state index contributed by atoms with van der Waals surface area (Å²) in [4.78, 5) is 0. The molecule has 0 radical (unpaired) electrons. The third kappa shape index (κ3) is 4.96. The summed E-state index contributed by atoms with van der Waals surface area (Å²) in [6.45, 7) is 8.21. The van der Waals surface area contributed by atoms with Gasteiger partial charge in [0.2, 0.25) is 0 Å². The van der Waals surface area contributed by atoms with Gasteiger partial charge >= 0.3 is 0 Å². The molecule has 0 saturated carbocycles. The van der Waals surface area contributed by atoms with E-state index in [4.69, 9.17) is 15.7 Å². The summed E-state index contributed by atoms with van der Waals surface area (Å²) in [6.07, 6.45) is 0. The molecule has 0 aromatic heterocycles. The fourth-order valence-corrected chi connectivity index (χ4v) is 0.559. The van der Waals surface area contributed by atoms with Gasteiger partial charge in [0.25, 0.3) is 0 Å². The van der Waals surface area contributed by atoms with Crippen molar-refractivity contribution >= 4 is 5.84 Å². The van der Waals surface area contributed by atoms with E-state index >= 15 is 0 Å². The first-order chi connectivity index (χ1) is 5.37. The molecular formula is C8H18N2O2. The van der Waals surface area contributed by atoms with Crippen molar-refractivity contribution in [2.24, 2.45) is 16.8 Å². The average Bonchev–Trinajstić information content (AvgIpc) is 1.97. The summed E-state index contributed by atoms with van der Waals surface area (Å²) in [7, 11) is 0. The molecule has 1 atom stereocenters. The number of rotatable bonds is 3. The van der Waals surface area contributed by atoms with Crippen molar-refractivity contribution in [2.45, 2.75) is 33.3 Å². The molecule has 0 aliphatic carbocycles. The molecule has 3 N–H and O–H groups in total. The smallest absolute Gasteiger partial charge is 0.144 e. The van der Waals surface area contributed by atoms with Crippen molar-refractivity contribution < 1.29 is 9.94 Å². The highest BCUT2D eigenvalue weighted by Gasteiger charge is 2.14. The molecule has 0 fully saturated rings. The second-order valence-corrected chi connectivity index (χ2v) is 3.85. The summed E-state index contributed by atoms with van der Waals surface area (Å²) in [6, 6.07) is 0. The highest BCUT2D eigenvalue weighted by Crippen LogP contribution is 2.09. The molecule has 12 heavy (non-hydrogen) atoms. The van der Waals surface area contributed by atoms with E-state index in [1.54, 1.807) is 0 Å². The van der Waals surface area contributed by atoms with Gasteiger partial charge in [-0.2, -0.15) is 0 Å². The Morgan fingerprint density at radius 2 is 2.08 bits per heavy atom. The maximum Gasteiger partial charge on any atom is 0.144 e. The van der Waals surface area contributed by atoms with Crippen LogP contribution in [0, 0.1) is 5.92 Å². The van der Waals surface area contributed by atoms with Crippen molar-refractivity contribution in [1.29, 1.82) is 0 Å².